The van der Waals surface area contributed by atoms with Crippen molar-refractivity contribution in [2.24, 2.45) is 5.41 Å². The lowest BCUT2D eigenvalue weighted by Gasteiger charge is -2.27. The normalized spacial score (nSPS) is 19.3. The van der Waals surface area contributed by atoms with Crippen molar-refractivity contribution >= 4 is 11.8 Å². The zero-order valence-electron chi connectivity index (χ0n) is 11.4. The molecular weight excluding hydrogens is 216 g/mol. The molecule has 0 aromatic rings. The minimum Gasteiger partial charge on any atom is -0.317 e. The molecule has 0 spiro atoms. The largest absolute Gasteiger partial charge is 0.317 e. The van der Waals surface area contributed by atoms with Gasteiger partial charge >= 0.3 is 0 Å². The Morgan fingerprint density at radius 2 is 1.88 bits per heavy atom. The summed E-state index contributed by atoms with van der Waals surface area (Å²) in [5.74, 6) is 1.29. The first-order valence-electron chi connectivity index (χ1n) is 6.48. The van der Waals surface area contributed by atoms with Gasteiger partial charge in [0.1, 0.15) is 0 Å². The number of nitrogens with one attached hydrogen (secondary N) is 1. The first-order valence-corrected chi connectivity index (χ1v) is 7.53. The molecule has 1 heterocycles. The molecule has 0 saturated carbocycles. The van der Waals surface area contributed by atoms with Crippen LogP contribution in [0.25, 0.3) is 0 Å². The molecule has 1 fully saturated rings. The van der Waals surface area contributed by atoms with Crippen molar-refractivity contribution in [1.82, 2.24) is 10.2 Å². The summed E-state index contributed by atoms with van der Waals surface area (Å²) >= 11 is 2.17. The highest BCUT2D eigenvalue weighted by atomic mass is 32.2. The Balaban J connectivity index is 2.05. The Labute approximate surface area is 106 Å². The van der Waals surface area contributed by atoms with Crippen LogP contribution in [0.3, 0.4) is 0 Å². The zero-order chi connectivity index (χ0) is 12.0. The first kappa shape index (κ1) is 14.3. The summed E-state index contributed by atoms with van der Waals surface area (Å²) in [7, 11) is 2.24. The van der Waals surface area contributed by atoms with Crippen molar-refractivity contribution in [1.29, 1.82) is 0 Å². The third kappa shape index (κ3) is 6.77. The molecule has 2 nitrogen and oxygen atoms in total. The number of hydrogen-bond acceptors (Lipinski definition) is 3. The smallest absolute Gasteiger partial charge is 0.00716 e. The molecule has 0 aromatic carbocycles. The summed E-state index contributed by atoms with van der Waals surface area (Å²) in [5.41, 5.74) is 0.425. The third-order valence-corrected chi connectivity index (χ3v) is 4.22. The predicted octanol–water partition coefficient (Wildman–Crippen LogP) is 2.45. The van der Waals surface area contributed by atoms with Crippen molar-refractivity contribution in [2.75, 3.05) is 39.0 Å². The number of thioether (sulfide) groups is 1. The molecule has 3 heteroatoms. The van der Waals surface area contributed by atoms with Gasteiger partial charge in [-0.05, 0) is 38.4 Å². The maximum absolute atomic E-state index is 3.42. The SMILES string of the molecule is CN(CCSC1CCNCC1)CC(C)(C)C. The van der Waals surface area contributed by atoms with Gasteiger partial charge in [0.15, 0.2) is 0 Å². The van der Waals surface area contributed by atoms with E-state index in [0.29, 0.717) is 5.41 Å². The maximum Gasteiger partial charge on any atom is 0.00716 e. The van der Waals surface area contributed by atoms with Crippen LogP contribution in [0.15, 0.2) is 0 Å². The number of rotatable bonds is 5. The molecule has 0 bridgehead atoms. The van der Waals surface area contributed by atoms with E-state index in [1.807, 2.05) is 0 Å². The second-order valence-electron chi connectivity index (χ2n) is 6.12. The topological polar surface area (TPSA) is 15.3 Å². The lowest BCUT2D eigenvalue weighted by molar-refractivity contribution is 0.237. The number of hydrogen-bond donors (Lipinski definition) is 1. The highest BCUT2D eigenvalue weighted by Crippen LogP contribution is 2.20. The van der Waals surface area contributed by atoms with Gasteiger partial charge < -0.3 is 10.2 Å². The Hall–Kier alpha value is 0.270. The van der Waals surface area contributed by atoms with Crippen molar-refractivity contribution in [3.63, 3.8) is 0 Å². The molecule has 0 amide bonds. The molecule has 1 aliphatic rings. The standard InChI is InChI=1S/C13H28N2S/c1-13(2,3)11-15(4)9-10-16-12-5-7-14-8-6-12/h12,14H,5-11H2,1-4H3. The molecule has 0 aromatic heterocycles. The van der Waals surface area contributed by atoms with Gasteiger partial charge in [0, 0.05) is 24.1 Å². The van der Waals surface area contributed by atoms with E-state index in [0.717, 1.165) is 5.25 Å². The second kappa shape index (κ2) is 6.87. The minimum atomic E-state index is 0.425. The van der Waals surface area contributed by atoms with Crippen molar-refractivity contribution in [2.45, 2.75) is 38.9 Å². The molecule has 0 unspecified atom stereocenters. The Morgan fingerprint density at radius 1 is 1.25 bits per heavy atom. The predicted molar refractivity (Wildman–Crippen MR) is 75.3 cm³/mol. The first-order chi connectivity index (χ1) is 7.47. The van der Waals surface area contributed by atoms with E-state index >= 15 is 0 Å². The molecule has 0 radical (unpaired) electrons. The van der Waals surface area contributed by atoms with Gasteiger partial charge in [-0.2, -0.15) is 11.8 Å². The Kier molecular flexibility index (Phi) is 6.16. The van der Waals surface area contributed by atoms with E-state index in [1.54, 1.807) is 0 Å². The molecule has 1 rings (SSSR count). The van der Waals surface area contributed by atoms with Gasteiger partial charge in [-0.3, -0.25) is 0 Å². The van der Waals surface area contributed by atoms with Crippen LogP contribution in [0.2, 0.25) is 0 Å². The Bertz CT molecular complexity index is 183. The molecule has 1 saturated heterocycles. The van der Waals surface area contributed by atoms with E-state index in [1.165, 1.54) is 44.8 Å². The minimum absolute atomic E-state index is 0.425. The van der Waals surface area contributed by atoms with Gasteiger partial charge in [-0.1, -0.05) is 20.8 Å². The van der Waals surface area contributed by atoms with Gasteiger partial charge in [0.2, 0.25) is 0 Å². The van der Waals surface area contributed by atoms with E-state index < -0.39 is 0 Å². The van der Waals surface area contributed by atoms with Gasteiger partial charge in [0.05, 0.1) is 0 Å². The average Bonchev–Trinajstić information content (AvgIpc) is 2.16. The van der Waals surface area contributed by atoms with E-state index in [9.17, 15) is 0 Å². The fraction of sp³-hybridized carbons (Fsp3) is 1.00. The fourth-order valence-corrected chi connectivity index (χ4v) is 3.55. The summed E-state index contributed by atoms with van der Waals surface area (Å²) in [4.78, 5) is 2.47. The summed E-state index contributed by atoms with van der Waals surface area (Å²) in [6, 6.07) is 0. The summed E-state index contributed by atoms with van der Waals surface area (Å²) in [5, 5.41) is 4.33. The molecule has 1 N–H and O–H groups in total. The molecule has 16 heavy (non-hydrogen) atoms. The molecule has 0 aliphatic carbocycles. The van der Waals surface area contributed by atoms with Gasteiger partial charge in [-0.15, -0.1) is 0 Å². The summed E-state index contributed by atoms with van der Waals surface area (Å²) in [6.45, 7) is 11.8. The van der Waals surface area contributed by atoms with E-state index in [-0.39, 0.29) is 0 Å². The van der Waals surface area contributed by atoms with E-state index in [2.05, 4.69) is 49.8 Å². The van der Waals surface area contributed by atoms with Crippen LogP contribution in [0, 0.1) is 5.41 Å². The van der Waals surface area contributed by atoms with Crippen LogP contribution in [0.5, 0.6) is 0 Å². The monoisotopic (exact) mass is 244 g/mol. The third-order valence-electron chi connectivity index (χ3n) is 2.86. The van der Waals surface area contributed by atoms with Crippen LogP contribution in [0.4, 0.5) is 0 Å². The highest BCUT2D eigenvalue weighted by molar-refractivity contribution is 7.99. The molecular formula is C13H28N2S. The molecule has 0 atom stereocenters. The van der Waals surface area contributed by atoms with Crippen LogP contribution < -0.4 is 5.32 Å². The highest BCUT2D eigenvalue weighted by Gasteiger charge is 2.15. The lowest BCUT2D eigenvalue weighted by atomic mass is 9.96. The molecule has 1 aliphatic heterocycles. The second-order valence-corrected chi connectivity index (χ2v) is 7.53. The Morgan fingerprint density at radius 3 is 2.44 bits per heavy atom. The lowest BCUT2D eigenvalue weighted by Crippen LogP contribution is -2.32. The number of nitrogens with zero attached hydrogens (tertiary/aromatic N) is 1. The van der Waals surface area contributed by atoms with Crippen LogP contribution in [-0.2, 0) is 0 Å². The fourth-order valence-electron chi connectivity index (χ4n) is 2.23. The molecule has 96 valence electrons. The maximum atomic E-state index is 3.42. The van der Waals surface area contributed by atoms with E-state index in [4.69, 9.17) is 0 Å². The van der Waals surface area contributed by atoms with Crippen molar-refractivity contribution in [3.8, 4) is 0 Å². The summed E-state index contributed by atoms with van der Waals surface area (Å²) in [6.07, 6.45) is 2.71. The average molecular weight is 244 g/mol. The van der Waals surface area contributed by atoms with Crippen LogP contribution >= 0.6 is 11.8 Å². The zero-order valence-corrected chi connectivity index (χ0v) is 12.2. The van der Waals surface area contributed by atoms with Crippen molar-refractivity contribution in [3.05, 3.63) is 0 Å². The quantitative estimate of drug-likeness (QED) is 0.800. The van der Waals surface area contributed by atoms with Gasteiger partial charge in [0.25, 0.3) is 0 Å². The van der Waals surface area contributed by atoms with Crippen LogP contribution in [0.1, 0.15) is 33.6 Å². The van der Waals surface area contributed by atoms with Crippen LogP contribution in [-0.4, -0.2) is 49.1 Å². The van der Waals surface area contributed by atoms with Crippen molar-refractivity contribution < 1.29 is 0 Å². The number of piperidine rings is 1. The summed E-state index contributed by atoms with van der Waals surface area (Å²) < 4.78 is 0. The van der Waals surface area contributed by atoms with Gasteiger partial charge in [-0.25, -0.2) is 0 Å².